The second-order valence-electron chi connectivity index (χ2n) is 5.88. The van der Waals surface area contributed by atoms with Crippen molar-refractivity contribution in [2.45, 2.75) is 24.5 Å². The summed E-state index contributed by atoms with van der Waals surface area (Å²) < 4.78 is 71.8. The summed E-state index contributed by atoms with van der Waals surface area (Å²) in [6.45, 7) is -1.21. The van der Waals surface area contributed by atoms with Gasteiger partial charge in [0, 0.05) is 0 Å². The van der Waals surface area contributed by atoms with Crippen LogP contribution in [0.2, 0.25) is 0 Å². The number of aliphatic hydroxyl groups is 1. The molecular formula is C10H11Li4N5O13P2S. The molecule has 0 spiro atoms. The fraction of sp³-hybridized carbons (Fsp3) is 0.500. The van der Waals surface area contributed by atoms with Gasteiger partial charge in [-0.2, -0.15) is 0 Å². The fourth-order valence-electron chi connectivity index (χ4n) is 2.72. The third-order valence-corrected chi connectivity index (χ3v) is 6.23. The number of nitrogen functional groups attached to an aromatic ring is 1. The van der Waals surface area contributed by atoms with Crippen molar-refractivity contribution in [2.75, 3.05) is 12.3 Å². The molecule has 1 aliphatic heterocycles. The molecule has 1 fully saturated rings. The Labute approximate surface area is 245 Å². The maximum Gasteiger partial charge on any atom is 1.00 e. The number of ether oxygens (including phenoxy) is 1. The second kappa shape index (κ2) is 14.3. The Kier molecular flexibility index (Phi) is 15.5. The molecule has 0 saturated carbocycles. The van der Waals surface area contributed by atoms with E-state index in [4.69, 9.17) is 10.5 Å². The van der Waals surface area contributed by atoms with Crippen molar-refractivity contribution >= 4 is 43.0 Å². The van der Waals surface area contributed by atoms with Gasteiger partial charge in [-0.1, -0.05) is 0 Å². The summed E-state index contributed by atoms with van der Waals surface area (Å²) in [6.07, 6.45) is -5.14. The maximum absolute atomic E-state index is 11.4. The number of nitrogens with two attached hydrogens (primary N) is 1. The van der Waals surface area contributed by atoms with E-state index < -0.39 is 57.2 Å². The van der Waals surface area contributed by atoms with Crippen LogP contribution in [0, 0.1) is 0 Å². The van der Waals surface area contributed by atoms with Crippen LogP contribution in [-0.4, -0.2) is 62.5 Å². The van der Waals surface area contributed by atoms with Crippen molar-refractivity contribution < 1.29 is 135 Å². The monoisotopic (exact) mass is 531 g/mol. The van der Waals surface area contributed by atoms with Gasteiger partial charge in [0.1, 0.15) is 30.2 Å². The minimum absolute atomic E-state index is 0. The predicted octanol–water partition coefficient (Wildman–Crippen LogP) is -16.1. The summed E-state index contributed by atoms with van der Waals surface area (Å²) in [5, 5.41) is 10.4. The van der Waals surface area contributed by atoms with Crippen LogP contribution in [0.5, 0.6) is 0 Å². The Bertz CT molecular complexity index is 1180. The molecule has 0 bridgehead atoms. The van der Waals surface area contributed by atoms with Crippen molar-refractivity contribution in [3.05, 3.63) is 12.7 Å². The predicted molar refractivity (Wildman–Crippen MR) is 86.5 cm³/mol. The van der Waals surface area contributed by atoms with Crippen molar-refractivity contribution in [2.24, 2.45) is 0 Å². The number of rotatable bonds is 8. The molecule has 3 heterocycles. The Balaban J connectivity index is 0. The number of nitrogens with zero attached hydrogens (tertiary/aromatic N) is 4. The summed E-state index contributed by atoms with van der Waals surface area (Å²) in [4.78, 5) is 45.0. The maximum atomic E-state index is 11.4. The summed E-state index contributed by atoms with van der Waals surface area (Å²) in [5.74, 6) is -0.0456. The Morgan fingerprint density at radius 3 is 2.29 bits per heavy atom. The zero-order chi connectivity index (χ0) is 23.2. The number of anilines is 1. The molecule has 2 aromatic rings. The molecule has 0 amide bonds. The Hall–Kier alpha value is 0.790. The van der Waals surface area contributed by atoms with Gasteiger partial charge in [0.2, 0.25) is 10.4 Å². The SMILES string of the molecule is Nc1ncnc2c1ncn2[C@@H]1O[C@H](COP(=O)([O-])OS(=O)(=O)[O-])C(OP(=O)([O-])[O-])[C@@H]1O.[Li+].[Li+].[Li+].[Li+]. The van der Waals surface area contributed by atoms with Crippen LogP contribution < -0.4 is 95.9 Å². The van der Waals surface area contributed by atoms with E-state index in [0.717, 1.165) is 17.2 Å². The van der Waals surface area contributed by atoms with Crippen LogP contribution in [0.4, 0.5) is 5.82 Å². The molecule has 1 saturated heterocycles. The van der Waals surface area contributed by atoms with Gasteiger partial charge in [-0.25, -0.2) is 27.3 Å². The molecule has 5 atom stereocenters. The quantitative estimate of drug-likeness (QED) is 0.138. The molecule has 3 N–H and O–H groups in total. The number of aliphatic hydroxyl groups excluding tert-OH is 1. The van der Waals surface area contributed by atoms with Crippen LogP contribution >= 0.6 is 15.6 Å². The molecule has 1 aliphatic rings. The average molecular weight is 531 g/mol. The first-order valence-corrected chi connectivity index (χ1v) is 12.0. The van der Waals surface area contributed by atoms with Crippen molar-refractivity contribution in [3.63, 3.8) is 0 Å². The largest absolute Gasteiger partial charge is 1.00 e. The second-order valence-corrected chi connectivity index (χ2v) is 9.55. The van der Waals surface area contributed by atoms with Gasteiger partial charge in [-0.05, 0) is 0 Å². The summed E-state index contributed by atoms with van der Waals surface area (Å²) in [7, 11) is -17.2. The van der Waals surface area contributed by atoms with Crippen LogP contribution in [-0.2, 0) is 37.3 Å². The summed E-state index contributed by atoms with van der Waals surface area (Å²) in [5.41, 5.74) is 5.73. The normalized spacial score (nSPS) is 23.8. The molecule has 35 heavy (non-hydrogen) atoms. The fourth-order valence-corrected chi connectivity index (χ4v) is 4.67. The number of aromatic nitrogens is 4. The first kappa shape index (κ1) is 37.9. The number of imidazole rings is 1. The summed E-state index contributed by atoms with van der Waals surface area (Å²) in [6, 6.07) is 0. The molecule has 0 radical (unpaired) electrons. The topological polar surface area (TPSA) is 287 Å². The molecule has 0 aliphatic carbocycles. The Morgan fingerprint density at radius 1 is 1.14 bits per heavy atom. The Morgan fingerprint density at radius 2 is 1.74 bits per heavy atom. The number of hydrogen-bond donors (Lipinski definition) is 2. The van der Waals surface area contributed by atoms with E-state index in [2.05, 4.69) is 28.0 Å². The van der Waals surface area contributed by atoms with Gasteiger partial charge < -0.3 is 48.4 Å². The first-order valence-electron chi connectivity index (χ1n) is 7.76. The van der Waals surface area contributed by atoms with Crippen LogP contribution in [0.3, 0.4) is 0 Å². The van der Waals surface area contributed by atoms with Crippen LogP contribution in [0.15, 0.2) is 12.7 Å². The van der Waals surface area contributed by atoms with Gasteiger partial charge in [0.25, 0.3) is 7.82 Å². The van der Waals surface area contributed by atoms with Crippen molar-refractivity contribution in [1.82, 2.24) is 19.5 Å². The van der Waals surface area contributed by atoms with Crippen molar-refractivity contribution in [3.8, 4) is 0 Å². The molecule has 174 valence electrons. The number of hydrogen-bond acceptors (Lipinski definition) is 17. The minimum atomic E-state index is -5.74. The molecule has 3 rings (SSSR count). The number of fused-ring (bicyclic) bond motifs is 1. The van der Waals surface area contributed by atoms with E-state index in [0.29, 0.717) is 0 Å². The van der Waals surface area contributed by atoms with Gasteiger partial charge in [-0.3, -0.25) is 9.13 Å². The van der Waals surface area contributed by atoms with Gasteiger partial charge in [0.05, 0.1) is 20.8 Å². The first-order chi connectivity index (χ1) is 14.2. The molecule has 25 heteroatoms. The van der Waals surface area contributed by atoms with E-state index >= 15 is 0 Å². The third-order valence-electron chi connectivity index (χ3n) is 3.80. The molecule has 0 aromatic carbocycles. The van der Waals surface area contributed by atoms with Crippen LogP contribution in [0.25, 0.3) is 11.2 Å². The standard InChI is InChI=1S/C10H15N5O13P2S.4Li/c11-8-5-9(13-2-12-8)15(3-14-5)10-6(16)7(27-29(17,18)19)4(26-10)1-25-30(20,21)28-31(22,23)24;;;;/h2-4,6-7,10,16H,1H2,(H,20,21)(H2,11,12,13)(H2,17,18,19)(H,22,23,24);;;;/q;4*+1/p-4/t4-,6+,7?,10-;;;;/m1..../s1. The van der Waals surface area contributed by atoms with Gasteiger partial charge in [0.15, 0.2) is 17.7 Å². The third kappa shape index (κ3) is 10.1. The molecule has 18 nitrogen and oxygen atoms in total. The molecule has 2 aromatic heterocycles. The van der Waals surface area contributed by atoms with Gasteiger partial charge >= 0.3 is 75.4 Å². The van der Waals surface area contributed by atoms with E-state index in [9.17, 15) is 41.9 Å². The van der Waals surface area contributed by atoms with Crippen molar-refractivity contribution in [1.29, 1.82) is 0 Å². The number of phosphoric ester groups is 2. The minimum Gasteiger partial charge on any atom is -0.790 e. The van der Waals surface area contributed by atoms with E-state index in [1.807, 2.05) is 0 Å². The van der Waals surface area contributed by atoms with E-state index in [1.165, 1.54) is 0 Å². The summed E-state index contributed by atoms with van der Waals surface area (Å²) >= 11 is 0. The molecular weight excluding hydrogens is 520 g/mol. The van der Waals surface area contributed by atoms with E-state index in [1.54, 1.807) is 0 Å². The van der Waals surface area contributed by atoms with Gasteiger partial charge in [-0.15, -0.1) is 0 Å². The zero-order valence-electron chi connectivity index (χ0n) is 18.7. The molecule has 2 unspecified atom stereocenters. The number of phosphoric acid groups is 2. The zero-order valence-corrected chi connectivity index (χ0v) is 21.3. The smallest absolute Gasteiger partial charge is 0.790 e. The average Bonchev–Trinajstić information content (AvgIpc) is 3.13. The van der Waals surface area contributed by atoms with E-state index in [-0.39, 0.29) is 92.4 Å². The van der Waals surface area contributed by atoms with Crippen LogP contribution in [0.1, 0.15) is 6.23 Å².